The van der Waals surface area contributed by atoms with Gasteiger partial charge in [0.05, 0.1) is 25.3 Å². The molecule has 4 aromatic rings. The molecule has 47 heavy (non-hydrogen) atoms. The van der Waals surface area contributed by atoms with Crippen LogP contribution < -0.4 is 20.5 Å². The summed E-state index contributed by atoms with van der Waals surface area (Å²) >= 11 is 5.05. The van der Waals surface area contributed by atoms with Gasteiger partial charge in [0.25, 0.3) is 11.1 Å². The van der Waals surface area contributed by atoms with Crippen LogP contribution in [-0.2, 0) is 9.47 Å². The molecule has 252 valence electrons. The Morgan fingerprint density at radius 2 is 1.19 bits per heavy atom. The first kappa shape index (κ1) is 37.3. The van der Waals surface area contributed by atoms with E-state index in [1.807, 2.05) is 0 Å². The number of ether oxygens (including phenoxy) is 4. The zero-order valence-corrected chi connectivity index (χ0v) is 24.2. The predicted octanol–water partition coefficient (Wildman–Crippen LogP) is 3.88. The largest absolute Gasteiger partial charge is 0.573 e. The lowest BCUT2D eigenvalue weighted by Gasteiger charge is -2.12. The van der Waals surface area contributed by atoms with E-state index < -0.39 is 47.3 Å². The normalized spacial score (nSPS) is 10.7. The molecule has 2 heterocycles. The molecule has 2 aromatic heterocycles. The highest BCUT2D eigenvalue weighted by molar-refractivity contribution is 6.68. The van der Waals surface area contributed by atoms with E-state index in [1.54, 1.807) is 0 Å². The Bertz CT molecular complexity index is 1700. The molecule has 0 bridgehead atoms. The van der Waals surface area contributed by atoms with Crippen molar-refractivity contribution in [3.8, 4) is 11.5 Å². The van der Waals surface area contributed by atoms with Gasteiger partial charge in [-0.2, -0.15) is 9.97 Å². The maximum atomic E-state index is 12.3. The number of methoxy groups -OCH3 is 2. The van der Waals surface area contributed by atoms with Gasteiger partial charge in [-0.05, 0) is 35.9 Å². The highest BCUT2D eigenvalue weighted by atomic mass is 35.5. The average Bonchev–Trinajstić information content (AvgIpc) is 3.65. The van der Waals surface area contributed by atoms with Gasteiger partial charge in [-0.3, -0.25) is 25.1 Å². The highest BCUT2D eigenvalue weighted by Gasteiger charge is 2.33. The Balaban J connectivity index is 0.000000271. The summed E-state index contributed by atoms with van der Waals surface area (Å²) in [6.45, 7) is 0. The number of nitrogens with one attached hydrogen (secondary N) is 3. The Kier molecular flexibility index (Phi) is 13.0. The van der Waals surface area contributed by atoms with Crippen LogP contribution in [0.1, 0.15) is 42.0 Å². The lowest BCUT2D eigenvalue weighted by Crippen LogP contribution is -2.21. The summed E-state index contributed by atoms with van der Waals surface area (Å²) in [5.74, 6) is -4.16. The van der Waals surface area contributed by atoms with E-state index >= 15 is 0 Å². The number of para-hydroxylation sites is 2. The topological polar surface area (TPSA) is 226 Å². The minimum atomic E-state index is -4.95. The third-order valence-corrected chi connectivity index (χ3v) is 4.86. The third kappa shape index (κ3) is 12.5. The number of anilines is 2. The van der Waals surface area contributed by atoms with Gasteiger partial charge in [-0.1, -0.05) is 24.3 Å². The van der Waals surface area contributed by atoms with Crippen molar-refractivity contribution in [1.82, 2.24) is 30.4 Å². The minimum Gasteiger partial charge on any atom is -0.463 e. The molecule has 23 heteroatoms. The SMILES string of the molecule is COC(=O)c1nc(N)n[nH]1.COC(=O)c1nc(NC(=O)c2ccccc2OC(F)(F)F)n[nH]1.O=C(Cl)c1ccccc1OC(F)(F)F. The number of aromatic amines is 2. The molecule has 0 radical (unpaired) electrons. The molecule has 0 saturated carbocycles. The van der Waals surface area contributed by atoms with Crippen LogP contribution in [0.2, 0.25) is 0 Å². The second-order valence-corrected chi connectivity index (χ2v) is 8.19. The Morgan fingerprint density at radius 3 is 1.64 bits per heavy atom. The second kappa shape index (κ2) is 16.4. The first-order valence-electron chi connectivity index (χ1n) is 11.9. The number of amides is 1. The number of hydrogen-bond donors (Lipinski definition) is 4. The first-order valence-corrected chi connectivity index (χ1v) is 12.3. The average molecular weight is 697 g/mol. The molecule has 0 saturated heterocycles. The van der Waals surface area contributed by atoms with Crippen molar-refractivity contribution in [2.45, 2.75) is 12.7 Å². The summed E-state index contributed by atoms with van der Waals surface area (Å²) in [7, 11) is 2.37. The molecule has 0 aliphatic carbocycles. The fourth-order valence-corrected chi connectivity index (χ4v) is 3.00. The van der Waals surface area contributed by atoms with Crippen molar-refractivity contribution in [1.29, 1.82) is 0 Å². The number of carbonyl (C=O) groups excluding carboxylic acids is 4. The lowest BCUT2D eigenvalue weighted by molar-refractivity contribution is -0.275. The fourth-order valence-electron chi connectivity index (χ4n) is 2.85. The van der Waals surface area contributed by atoms with Crippen molar-refractivity contribution >= 4 is 46.6 Å². The number of H-pyrrole nitrogens is 2. The van der Waals surface area contributed by atoms with E-state index in [-0.39, 0.29) is 34.7 Å². The fraction of sp³-hybridized carbons (Fsp3) is 0.167. The van der Waals surface area contributed by atoms with Gasteiger partial charge >= 0.3 is 24.7 Å². The Labute approximate surface area is 262 Å². The third-order valence-electron chi connectivity index (χ3n) is 4.65. The highest BCUT2D eigenvalue weighted by Crippen LogP contribution is 2.28. The van der Waals surface area contributed by atoms with Crippen LogP contribution in [0.15, 0.2) is 48.5 Å². The van der Waals surface area contributed by atoms with Crippen molar-refractivity contribution < 1.29 is 64.5 Å². The summed E-state index contributed by atoms with van der Waals surface area (Å²) in [5, 5.41) is 12.6. The van der Waals surface area contributed by atoms with Gasteiger partial charge in [0.2, 0.25) is 23.5 Å². The van der Waals surface area contributed by atoms with Crippen LogP contribution in [-0.4, -0.2) is 80.4 Å². The van der Waals surface area contributed by atoms with E-state index in [9.17, 15) is 45.5 Å². The Morgan fingerprint density at radius 1 is 0.745 bits per heavy atom. The lowest BCUT2D eigenvalue weighted by atomic mass is 10.2. The molecule has 0 aliphatic heterocycles. The van der Waals surface area contributed by atoms with Gasteiger partial charge in [0, 0.05) is 0 Å². The molecule has 1 amide bonds. The number of hydrogen-bond acceptors (Lipinski definition) is 13. The van der Waals surface area contributed by atoms with E-state index in [0.717, 1.165) is 31.4 Å². The van der Waals surface area contributed by atoms with Crippen molar-refractivity contribution in [2.75, 3.05) is 25.3 Å². The van der Waals surface area contributed by atoms with E-state index in [1.165, 1.54) is 31.4 Å². The second-order valence-electron chi connectivity index (χ2n) is 7.85. The van der Waals surface area contributed by atoms with E-state index in [0.29, 0.717) is 0 Å². The van der Waals surface area contributed by atoms with Crippen LogP contribution >= 0.6 is 11.6 Å². The quantitative estimate of drug-likeness (QED) is 0.122. The summed E-state index contributed by atoms with van der Waals surface area (Å²) in [4.78, 5) is 51.6. The number of nitrogen functional groups attached to an aromatic ring is 1. The molecule has 0 spiro atoms. The maximum Gasteiger partial charge on any atom is 0.573 e. The van der Waals surface area contributed by atoms with E-state index in [4.69, 9.17) is 17.3 Å². The zero-order valence-electron chi connectivity index (χ0n) is 23.4. The molecule has 16 nitrogen and oxygen atoms in total. The molecule has 0 aliphatic rings. The van der Waals surface area contributed by atoms with Crippen LogP contribution in [0.25, 0.3) is 0 Å². The number of alkyl halides is 6. The Hall–Kier alpha value is -5.93. The monoisotopic (exact) mass is 696 g/mol. The van der Waals surface area contributed by atoms with Crippen molar-refractivity contribution in [3.63, 3.8) is 0 Å². The van der Waals surface area contributed by atoms with Crippen molar-refractivity contribution in [2.24, 2.45) is 0 Å². The molecule has 5 N–H and O–H groups in total. The van der Waals surface area contributed by atoms with Gasteiger partial charge in [0.1, 0.15) is 11.5 Å². The number of benzene rings is 2. The summed E-state index contributed by atoms with van der Waals surface area (Å²) in [6, 6.07) is 9.61. The predicted molar refractivity (Wildman–Crippen MR) is 144 cm³/mol. The van der Waals surface area contributed by atoms with Gasteiger partial charge < -0.3 is 24.7 Å². The molecule has 0 fully saturated rings. The van der Waals surface area contributed by atoms with E-state index in [2.05, 4.69) is 54.6 Å². The number of carbonyl (C=O) groups is 4. The van der Waals surface area contributed by atoms with Crippen LogP contribution in [0.4, 0.5) is 38.2 Å². The first-order chi connectivity index (χ1) is 21.9. The number of nitrogens with zero attached hydrogens (tertiary/aromatic N) is 4. The summed E-state index contributed by atoms with van der Waals surface area (Å²) in [5.41, 5.74) is 4.42. The van der Waals surface area contributed by atoms with Crippen LogP contribution in [0, 0.1) is 0 Å². The number of esters is 2. The van der Waals surface area contributed by atoms with Gasteiger partial charge in [-0.15, -0.1) is 36.5 Å². The number of halogens is 7. The maximum absolute atomic E-state index is 12.3. The molecule has 4 rings (SSSR count). The number of nitrogens with two attached hydrogens (primary N) is 1. The van der Waals surface area contributed by atoms with Crippen LogP contribution in [0.3, 0.4) is 0 Å². The number of rotatable bonds is 7. The molecule has 2 aromatic carbocycles. The van der Waals surface area contributed by atoms with Gasteiger partial charge in [0.15, 0.2) is 0 Å². The molecule has 0 unspecified atom stereocenters. The van der Waals surface area contributed by atoms with Crippen molar-refractivity contribution in [3.05, 3.63) is 71.3 Å². The smallest absolute Gasteiger partial charge is 0.463 e. The summed E-state index contributed by atoms with van der Waals surface area (Å²) < 4.78 is 88.4. The minimum absolute atomic E-state index is 0.0139. The molecular formula is C24H19ClF6N8O8. The molecule has 0 atom stereocenters. The van der Waals surface area contributed by atoms with Crippen LogP contribution in [0.5, 0.6) is 11.5 Å². The number of aromatic nitrogens is 6. The standard InChI is InChI=1S/C12H9F3N4O4.C8H4ClF3O2.C4H6N4O2/c1-22-10(21)8-16-11(19-18-8)17-9(20)6-4-2-3-5-7(6)23-12(13,14)15;9-7(13)5-3-1-2-4-6(5)14-8(10,11)12;1-10-3(9)2-6-4(5)8-7-2/h2-5H,1H3,(H2,16,17,18,19,20);1-4H;1H3,(H3,5,6,7,8). The zero-order chi connectivity index (χ0) is 35.4. The summed E-state index contributed by atoms with van der Waals surface area (Å²) in [6.07, 6.45) is -9.78. The molecular weight excluding hydrogens is 678 g/mol. The van der Waals surface area contributed by atoms with Gasteiger partial charge in [-0.25, -0.2) is 9.59 Å².